The van der Waals surface area contributed by atoms with Crippen molar-refractivity contribution in [1.82, 2.24) is 15.5 Å². The Morgan fingerprint density at radius 1 is 1.29 bits per heavy atom. The summed E-state index contributed by atoms with van der Waals surface area (Å²) in [5, 5.41) is 34.0. The number of hydrogen-bond acceptors (Lipinski definition) is 5. The van der Waals surface area contributed by atoms with Gasteiger partial charge in [0.25, 0.3) is 5.91 Å². The lowest BCUT2D eigenvalue weighted by Gasteiger charge is -2.36. The highest BCUT2D eigenvalue weighted by atomic mass is 16.4. The lowest BCUT2D eigenvalue weighted by Crippen LogP contribution is -2.54. The summed E-state index contributed by atoms with van der Waals surface area (Å²) in [6.07, 6.45) is 4.43. The van der Waals surface area contributed by atoms with Crippen LogP contribution in [0.2, 0.25) is 0 Å². The van der Waals surface area contributed by atoms with Crippen molar-refractivity contribution in [1.29, 1.82) is 5.26 Å². The third-order valence-electron chi connectivity index (χ3n) is 5.21. The lowest BCUT2D eigenvalue weighted by molar-refractivity contribution is -0.130. The van der Waals surface area contributed by atoms with E-state index in [1.165, 1.54) is 0 Å². The van der Waals surface area contributed by atoms with Crippen LogP contribution in [-0.2, 0) is 11.2 Å². The molecule has 0 saturated carbocycles. The summed E-state index contributed by atoms with van der Waals surface area (Å²) in [4.78, 5) is 26.9. The number of carbonyl (C=O) groups is 2. The Bertz CT molecular complexity index is 807. The molecule has 1 saturated heterocycles. The monoisotopic (exact) mass is 426 g/mol. The summed E-state index contributed by atoms with van der Waals surface area (Å²) in [6.45, 7) is 4.57. The Labute approximate surface area is 184 Å². The smallest absolute Gasteiger partial charge is 0.426 e. The number of amides is 3. The van der Waals surface area contributed by atoms with Gasteiger partial charge in [-0.15, -0.1) is 0 Å². The summed E-state index contributed by atoms with van der Waals surface area (Å²) in [5.41, 5.74) is 0.989. The predicted molar refractivity (Wildman–Crippen MR) is 119 cm³/mol. The largest absolute Gasteiger partial charge is 0.475 e. The number of benzene rings is 1. The van der Waals surface area contributed by atoms with E-state index in [0.717, 1.165) is 24.8 Å². The van der Waals surface area contributed by atoms with Gasteiger partial charge in [0.15, 0.2) is 0 Å². The Hall–Kier alpha value is -2.83. The van der Waals surface area contributed by atoms with Crippen LogP contribution in [0.4, 0.5) is 4.79 Å². The van der Waals surface area contributed by atoms with E-state index in [1.54, 1.807) is 11.0 Å². The minimum absolute atomic E-state index is 0.0807. The van der Waals surface area contributed by atoms with Crippen molar-refractivity contribution < 1.29 is 19.6 Å². The molecule has 9 heteroatoms. The minimum Gasteiger partial charge on any atom is -0.426 e. The molecule has 0 radical (unpaired) electrons. The third-order valence-corrected chi connectivity index (χ3v) is 5.21. The number of urea groups is 1. The van der Waals surface area contributed by atoms with Crippen molar-refractivity contribution in [2.45, 2.75) is 51.5 Å². The van der Waals surface area contributed by atoms with E-state index in [2.05, 4.69) is 10.6 Å². The topological polar surface area (TPSA) is 126 Å². The Kier molecular flexibility index (Phi) is 9.57. The quantitative estimate of drug-likeness (QED) is 0.284. The van der Waals surface area contributed by atoms with Crippen molar-refractivity contribution in [3.05, 3.63) is 47.5 Å². The molecule has 31 heavy (non-hydrogen) atoms. The number of allylic oxidation sites excluding steroid dienone is 1. The first-order valence-electron chi connectivity index (χ1n) is 10.7. The van der Waals surface area contributed by atoms with Gasteiger partial charge in [-0.25, -0.2) is 4.79 Å². The molecule has 4 N–H and O–H groups in total. The van der Waals surface area contributed by atoms with Crippen LogP contribution >= 0.6 is 0 Å². The van der Waals surface area contributed by atoms with Gasteiger partial charge in [0.1, 0.15) is 11.6 Å². The number of piperidine rings is 1. The Morgan fingerprint density at radius 2 is 2.00 bits per heavy atom. The number of nitriles is 1. The van der Waals surface area contributed by atoms with E-state index in [9.17, 15) is 24.9 Å². The van der Waals surface area contributed by atoms with Gasteiger partial charge >= 0.3 is 13.1 Å². The van der Waals surface area contributed by atoms with Gasteiger partial charge in [0.2, 0.25) is 0 Å². The molecule has 2 rings (SSSR count). The molecule has 0 aliphatic carbocycles. The SMILES string of the molecule is CC(C)/C=C(\C#N)C(=O)N1CCCC[C@@H]1CNC(=O)N[C@@H](Cc1ccccc1)B(O)O. The van der Waals surface area contributed by atoms with Gasteiger partial charge < -0.3 is 25.6 Å². The Balaban J connectivity index is 1.96. The first-order valence-corrected chi connectivity index (χ1v) is 10.7. The molecule has 3 amide bonds. The zero-order valence-electron chi connectivity index (χ0n) is 18.1. The summed E-state index contributed by atoms with van der Waals surface area (Å²) in [5.74, 6) is -1.10. The normalized spacial score (nSPS) is 17.6. The average molecular weight is 426 g/mol. The van der Waals surface area contributed by atoms with Gasteiger partial charge in [-0.1, -0.05) is 50.3 Å². The lowest BCUT2D eigenvalue weighted by atomic mass is 9.76. The van der Waals surface area contributed by atoms with Gasteiger partial charge in [0.05, 0.1) is 5.94 Å². The standard InChI is InChI=1S/C22H31BN4O4/c1-16(2)12-18(14-24)21(28)27-11-7-6-10-19(27)15-25-22(29)26-20(23(30)31)13-17-8-4-3-5-9-17/h3-5,8-9,12,16,19-20,30-31H,6-7,10-11,13,15H2,1-2H3,(H2,25,26,29)/b18-12+/t19-,20+/m1/s1. The Morgan fingerprint density at radius 3 is 2.61 bits per heavy atom. The maximum absolute atomic E-state index is 12.8. The second-order valence-corrected chi connectivity index (χ2v) is 8.15. The van der Waals surface area contributed by atoms with Crippen LogP contribution in [0.25, 0.3) is 0 Å². The fourth-order valence-corrected chi connectivity index (χ4v) is 3.65. The van der Waals surface area contributed by atoms with Crippen molar-refractivity contribution in [3.8, 4) is 6.07 Å². The highest BCUT2D eigenvalue weighted by Crippen LogP contribution is 2.19. The van der Waals surface area contributed by atoms with Gasteiger partial charge in [-0.2, -0.15) is 5.26 Å². The maximum Gasteiger partial charge on any atom is 0.475 e. The fourth-order valence-electron chi connectivity index (χ4n) is 3.65. The second-order valence-electron chi connectivity index (χ2n) is 8.15. The van der Waals surface area contributed by atoms with Crippen molar-refractivity contribution in [2.75, 3.05) is 13.1 Å². The number of carbonyl (C=O) groups excluding carboxylic acids is 2. The van der Waals surface area contributed by atoms with Crippen LogP contribution in [-0.4, -0.2) is 59.1 Å². The molecule has 1 aromatic carbocycles. The number of nitrogens with one attached hydrogen (secondary N) is 2. The first-order chi connectivity index (χ1) is 14.8. The van der Waals surface area contributed by atoms with E-state index in [1.807, 2.05) is 50.2 Å². The molecule has 8 nitrogen and oxygen atoms in total. The number of nitrogens with zero attached hydrogens (tertiary/aromatic N) is 2. The highest BCUT2D eigenvalue weighted by molar-refractivity contribution is 6.43. The van der Waals surface area contributed by atoms with E-state index in [0.29, 0.717) is 6.54 Å². The van der Waals surface area contributed by atoms with Gasteiger partial charge in [-0.05, 0) is 37.2 Å². The van der Waals surface area contributed by atoms with Crippen LogP contribution in [0.3, 0.4) is 0 Å². The molecule has 1 aliphatic rings. The van der Waals surface area contributed by atoms with Crippen LogP contribution in [0.1, 0.15) is 38.7 Å². The second kappa shape index (κ2) is 12.1. The zero-order valence-corrected chi connectivity index (χ0v) is 18.1. The molecule has 0 spiro atoms. The predicted octanol–water partition coefficient (Wildman–Crippen LogP) is 1.40. The molecule has 1 aromatic rings. The highest BCUT2D eigenvalue weighted by Gasteiger charge is 2.30. The van der Waals surface area contributed by atoms with E-state index in [-0.39, 0.29) is 36.4 Å². The molecular weight excluding hydrogens is 395 g/mol. The molecule has 1 fully saturated rings. The van der Waals surface area contributed by atoms with Gasteiger partial charge in [0, 0.05) is 19.1 Å². The van der Waals surface area contributed by atoms with Crippen molar-refractivity contribution >= 4 is 19.1 Å². The van der Waals surface area contributed by atoms with E-state index in [4.69, 9.17) is 0 Å². The van der Waals surface area contributed by atoms with Crippen molar-refractivity contribution in [2.24, 2.45) is 5.92 Å². The fraction of sp³-hybridized carbons (Fsp3) is 0.500. The molecule has 0 unspecified atom stereocenters. The summed E-state index contributed by atoms with van der Waals surface area (Å²) < 4.78 is 0. The average Bonchev–Trinajstić information content (AvgIpc) is 2.75. The molecule has 0 bridgehead atoms. The van der Waals surface area contributed by atoms with Crippen molar-refractivity contribution in [3.63, 3.8) is 0 Å². The molecule has 1 heterocycles. The molecule has 2 atom stereocenters. The first kappa shape index (κ1) is 24.4. The van der Waals surface area contributed by atoms with E-state index < -0.39 is 19.1 Å². The maximum atomic E-state index is 12.8. The third kappa shape index (κ3) is 7.74. The van der Waals surface area contributed by atoms with Crippen LogP contribution in [0.5, 0.6) is 0 Å². The van der Waals surface area contributed by atoms with Crippen LogP contribution in [0.15, 0.2) is 42.0 Å². The summed E-state index contributed by atoms with van der Waals surface area (Å²) >= 11 is 0. The van der Waals surface area contributed by atoms with Gasteiger partial charge in [-0.3, -0.25) is 4.79 Å². The molecule has 1 aliphatic heterocycles. The minimum atomic E-state index is -1.71. The zero-order chi connectivity index (χ0) is 22.8. The molecular formula is C22H31BN4O4. The van der Waals surface area contributed by atoms with Crippen LogP contribution < -0.4 is 10.6 Å². The summed E-state index contributed by atoms with van der Waals surface area (Å²) in [6, 6.07) is 10.5. The number of rotatable bonds is 8. The molecule has 0 aromatic heterocycles. The number of likely N-dealkylation sites (tertiary alicyclic amines) is 1. The number of hydrogen-bond donors (Lipinski definition) is 4. The van der Waals surface area contributed by atoms with E-state index >= 15 is 0 Å². The molecule has 166 valence electrons. The van der Waals surface area contributed by atoms with Crippen LogP contribution in [0, 0.1) is 17.2 Å². The summed E-state index contributed by atoms with van der Waals surface area (Å²) in [7, 11) is -1.71.